The van der Waals surface area contributed by atoms with Crippen LogP contribution in [0.4, 0.5) is 0 Å². The van der Waals surface area contributed by atoms with E-state index in [1.165, 1.54) is 0 Å². The third-order valence-electron chi connectivity index (χ3n) is 2.38. The molecular weight excluding hydrogens is 224 g/mol. The van der Waals surface area contributed by atoms with Gasteiger partial charge in [-0.05, 0) is 13.8 Å². The van der Waals surface area contributed by atoms with Crippen LogP contribution < -0.4 is 5.73 Å². The van der Waals surface area contributed by atoms with Crippen molar-refractivity contribution in [1.29, 1.82) is 0 Å². The van der Waals surface area contributed by atoms with E-state index in [4.69, 9.17) is 22.7 Å². The van der Waals surface area contributed by atoms with Crippen LogP contribution in [-0.2, 0) is 9.53 Å². The van der Waals surface area contributed by atoms with E-state index in [2.05, 4.69) is 0 Å². The van der Waals surface area contributed by atoms with Gasteiger partial charge in [-0.2, -0.15) is 0 Å². The van der Waals surface area contributed by atoms with Crippen molar-refractivity contribution >= 4 is 23.1 Å². The van der Waals surface area contributed by atoms with Crippen LogP contribution in [0.5, 0.6) is 0 Å². The molecule has 0 aliphatic heterocycles. The summed E-state index contributed by atoms with van der Waals surface area (Å²) in [6.07, 6.45) is 0.422. The third-order valence-corrected chi connectivity index (χ3v) is 2.78. The van der Waals surface area contributed by atoms with E-state index in [9.17, 15) is 4.79 Å². The number of rotatable bonds is 8. The van der Waals surface area contributed by atoms with Crippen molar-refractivity contribution in [2.24, 2.45) is 11.7 Å². The summed E-state index contributed by atoms with van der Waals surface area (Å²) in [6.45, 7) is 8.19. The van der Waals surface area contributed by atoms with Gasteiger partial charge in [-0.3, -0.25) is 4.79 Å². The Morgan fingerprint density at radius 2 is 2.12 bits per heavy atom. The van der Waals surface area contributed by atoms with Gasteiger partial charge in [-0.1, -0.05) is 19.1 Å². The number of amides is 1. The van der Waals surface area contributed by atoms with Gasteiger partial charge < -0.3 is 15.4 Å². The molecule has 2 N–H and O–H groups in total. The van der Waals surface area contributed by atoms with E-state index >= 15 is 0 Å². The Kier molecular flexibility index (Phi) is 8.11. The topological polar surface area (TPSA) is 55.6 Å². The Hall–Kier alpha value is -0.680. The molecule has 0 aromatic heterocycles. The highest BCUT2D eigenvalue weighted by atomic mass is 32.1. The zero-order valence-corrected chi connectivity index (χ0v) is 11.2. The van der Waals surface area contributed by atoms with Crippen LogP contribution in [-0.4, -0.2) is 42.1 Å². The molecule has 0 aromatic rings. The minimum Gasteiger partial charge on any atom is -0.393 e. The largest absolute Gasteiger partial charge is 0.393 e. The summed E-state index contributed by atoms with van der Waals surface area (Å²) in [4.78, 5) is 14.0. The summed E-state index contributed by atoms with van der Waals surface area (Å²) < 4.78 is 5.15. The molecule has 4 nitrogen and oxygen atoms in total. The van der Waals surface area contributed by atoms with Gasteiger partial charge in [-0.15, -0.1) is 0 Å². The lowest BCUT2D eigenvalue weighted by Gasteiger charge is -2.24. The minimum atomic E-state index is 0.0611. The molecule has 0 aliphatic rings. The summed E-state index contributed by atoms with van der Waals surface area (Å²) in [5, 5.41) is 0. The van der Waals surface area contributed by atoms with Crippen molar-refractivity contribution in [3.05, 3.63) is 0 Å². The number of ether oxygens (including phenoxy) is 1. The van der Waals surface area contributed by atoms with Gasteiger partial charge in [0.2, 0.25) is 5.91 Å². The molecule has 0 radical (unpaired) electrons. The first kappa shape index (κ1) is 15.3. The molecule has 0 rings (SSSR count). The Balaban J connectivity index is 4.06. The van der Waals surface area contributed by atoms with Gasteiger partial charge in [0.05, 0.1) is 18.0 Å². The molecule has 0 aromatic carbocycles. The molecule has 0 bridgehead atoms. The average molecular weight is 246 g/mol. The van der Waals surface area contributed by atoms with Gasteiger partial charge in [-0.25, -0.2) is 0 Å². The molecule has 0 fully saturated rings. The quantitative estimate of drug-likeness (QED) is 0.516. The first-order valence-electron chi connectivity index (χ1n) is 5.67. The second-order valence-corrected chi connectivity index (χ2v) is 4.15. The smallest absolute Gasteiger partial charge is 0.224 e. The Labute approximate surface area is 103 Å². The minimum absolute atomic E-state index is 0.0611. The average Bonchev–Trinajstić information content (AvgIpc) is 2.25. The molecule has 1 amide bonds. The van der Waals surface area contributed by atoms with Crippen LogP contribution in [0, 0.1) is 5.92 Å². The zero-order chi connectivity index (χ0) is 12.6. The van der Waals surface area contributed by atoms with E-state index in [-0.39, 0.29) is 11.8 Å². The molecule has 0 heterocycles. The second-order valence-electron chi connectivity index (χ2n) is 3.68. The molecule has 16 heavy (non-hydrogen) atoms. The Bertz CT molecular complexity index is 234. The van der Waals surface area contributed by atoms with E-state index < -0.39 is 0 Å². The van der Waals surface area contributed by atoms with E-state index in [1.807, 2.05) is 20.8 Å². The highest BCUT2D eigenvalue weighted by Gasteiger charge is 2.15. The summed E-state index contributed by atoms with van der Waals surface area (Å²) in [6, 6.07) is 0. The van der Waals surface area contributed by atoms with Gasteiger partial charge in [0.1, 0.15) is 0 Å². The number of carbonyl (C=O) groups excluding carboxylic acids is 1. The normalized spacial score (nSPS) is 12.2. The number of carbonyl (C=O) groups is 1. The van der Waals surface area contributed by atoms with E-state index in [0.717, 1.165) is 0 Å². The monoisotopic (exact) mass is 246 g/mol. The molecule has 1 atom stereocenters. The van der Waals surface area contributed by atoms with Crippen LogP contribution in [0.1, 0.15) is 27.2 Å². The maximum absolute atomic E-state index is 11.8. The zero-order valence-electron chi connectivity index (χ0n) is 10.4. The fourth-order valence-electron chi connectivity index (χ4n) is 1.29. The first-order valence-corrected chi connectivity index (χ1v) is 6.08. The van der Waals surface area contributed by atoms with Crippen molar-refractivity contribution in [3.63, 3.8) is 0 Å². The van der Waals surface area contributed by atoms with Crippen molar-refractivity contribution in [2.75, 3.05) is 26.3 Å². The van der Waals surface area contributed by atoms with Crippen LogP contribution in [0.25, 0.3) is 0 Å². The summed E-state index contributed by atoms with van der Waals surface area (Å²) in [5.74, 6) is 0.157. The number of hydrogen-bond acceptors (Lipinski definition) is 3. The van der Waals surface area contributed by atoms with Crippen molar-refractivity contribution in [3.8, 4) is 0 Å². The molecule has 0 aliphatic carbocycles. The summed E-state index contributed by atoms with van der Waals surface area (Å²) >= 11 is 4.89. The van der Waals surface area contributed by atoms with Gasteiger partial charge in [0.25, 0.3) is 0 Å². The number of thiocarbonyl (C=S) groups is 1. The van der Waals surface area contributed by atoms with Crippen molar-refractivity contribution in [2.45, 2.75) is 27.2 Å². The fourth-order valence-corrected chi connectivity index (χ4v) is 1.36. The molecule has 0 saturated carbocycles. The maximum Gasteiger partial charge on any atom is 0.224 e. The Morgan fingerprint density at radius 1 is 1.50 bits per heavy atom. The molecule has 0 spiro atoms. The fraction of sp³-hybridized carbons (Fsp3) is 0.818. The van der Waals surface area contributed by atoms with Gasteiger partial charge in [0.15, 0.2) is 0 Å². The van der Waals surface area contributed by atoms with Crippen molar-refractivity contribution < 1.29 is 9.53 Å². The number of hydrogen-bond donors (Lipinski definition) is 1. The Morgan fingerprint density at radius 3 is 2.56 bits per heavy atom. The molecule has 0 saturated heterocycles. The summed E-state index contributed by atoms with van der Waals surface area (Å²) in [7, 11) is 0. The molecule has 94 valence electrons. The lowest BCUT2D eigenvalue weighted by molar-refractivity contribution is -0.132. The highest BCUT2D eigenvalue weighted by Crippen LogP contribution is 2.03. The first-order chi connectivity index (χ1) is 7.52. The SMILES string of the molecule is CCOCCC(=O)N(CC)CC(C)C(N)=S. The lowest BCUT2D eigenvalue weighted by Crippen LogP contribution is -2.38. The highest BCUT2D eigenvalue weighted by molar-refractivity contribution is 7.80. The lowest BCUT2D eigenvalue weighted by atomic mass is 10.1. The van der Waals surface area contributed by atoms with Crippen LogP contribution >= 0.6 is 12.2 Å². The second kappa shape index (κ2) is 8.47. The van der Waals surface area contributed by atoms with E-state index in [0.29, 0.717) is 37.7 Å². The van der Waals surface area contributed by atoms with Crippen LogP contribution in [0.2, 0.25) is 0 Å². The van der Waals surface area contributed by atoms with Gasteiger partial charge >= 0.3 is 0 Å². The third kappa shape index (κ3) is 6.02. The standard InChI is InChI=1S/C11H22N2O2S/c1-4-13(8-9(3)11(12)16)10(14)6-7-15-5-2/h9H,4-8H2,1-3H3,(H2,12,16). The predicted octanol–water partition coefficient (Wildman–Crippen LogP) is 1.18. The molecule has 5 heteroatoms. The maximum atomic E-state index is 11.8. The number of nitrogens with zero attached hydrogens (tertiary/aromatic N) is 1. The van der Waals surface area contributed by atoms with Gasteiger partial charge in [0, 0.05) is 25.6 Å². The number of nitrogens with two attached hydrogens (primary N) is 1. The van der Waals surface area contributed by atoms with E-state index in [1.54, 1.807) is 4.90 Å². The predicted molar refractivity (Wildman–Crippen MR) is 69.3 cm³/mol. The molecular formula is C11H22N2O2S. The van der Waals surface area contributed by atoms with Crippen LogP contribution in [0.3, 0.4) is 0 Å². The van der Waals surface area contributed by atoms with Crippen molar-refractivity contribution in [1.82, 2.24) is 4.90 Å². The van der Waals surface area contributed by atoms with Crippen LogP contribution in [0.15, 0.2) is 0 Å². The molecule has 1 unspecified atom stereocenters. The summed E-state index contributed by atoms with van der Waals surface area (Å²) in [5.41, 5.74) is 5.53.